The predicted molar refractivity (Wildman–Crippen MR) is 115 cm³/mol. The number of halogens is 1. The number of rotatable bonds is 7. The van der Waals surface area contributed by atoms with Gasteiger partial charge in [0.2, 0.25) is 6.79 Å². The highest BCUT2D eigenvalue weighted by atomic mass is 35.5. The molecule has 1 aliphatic heterocycles. The average Bonchev–Trinajstić information content (AvgIpc) is 3.45. The van der Waals surface area contributed by atoms with Crippen LogP contribution < -0.4 is 9.47 Å². The van der Waals surface area contributed by atoms with E-state index >= 15 is 0 Å². The fourth-order valence-electron chi connectivity index (χ4n) is 3.12. The quantitative estimate of drug-likeness (QED) is 0.287. The van der Waals surface area contributed by atoms with Gasteiger partial charge >= 0.3 is 5.97 Å². The van der Waals surface area contributed by atoms with Gasteiger partial charge in [-0.15, -0.1) is 0 Å². The summed E-state index contributed by atoms with van der Waals surface area (Å²) in [6, 6.07) is 12.9. The molecule has 3 aromatic rings. The maximum atomic E-state index is 12.4. The first-order valence-corrected chi connectivity index (χ1v) is 10.0. The van der Waals surface area contributed by atoms with Gasteiger partial charge in [0, 0.05) is 23.7 Å². The number of nitrogens with zero attached hydrogens (tertiary/aromatic N) is 2. The SMILES string of the molecule is CN(Cc1ccc(-c2ccc(Cl)cc2)o1)C(=O)COC(=O)c1cc2c(cc1[N+](=O)[O-])OCO2. The van der Waals surface area contributed by atoms with Gasteiger partial charge in [0.25, 0.3) is 11.6 Å². The molecule has 0 spiro atoms. The summed E-state index contributed by atoms with van der Waals surface area (Å²) in [5, 5.41) is 11.9. The molecule has 0 atom stereocenters. The Bertz CT molecular complexity index is 1220. The molecular weight excluding hydrogens is 456 g/mol. The van der Waals surface area contributed by atoms with Crippen LogP contribution in [-0.4, -0.2) is 42.1 Å². The standard InChI is InChI=1S/C22H17ClN2O8/c1-24(10-15-6-7-18(33-15)13-2-4-14(23)5-3-13)21(26)11-30-22(27)16-8-19-20(32-12-31-19)9-17(16)25(28)29/h2-9H,10-12H2,1H3. The monoisotopic (exact) mass is 472 g/mol. The fourth-order valence-corrected chi connectivity index (χ4v) is 3.24. The van der Waals surface area contributed by atoms with Crippen LogP contribution >= 0.6 is 11.6 Å². The smallest absolute Gasteiger partial charge is 0.345 e. The Kier molecular flexibility index (Phi) is 6.18. The van der Waals surface area contributed by atoms with Crippen molar-refractivity contribution in [2.24, 2.45) is 0 Å². The second-order valence-electron chi connectivity index (χ2n) is 7.08. The first-order chi connectivity index (χ1) is 15.8. The number of hydrogen-bond donors (Lipinski definition) is 0. The van der Waals surface area contributed by atoms with Crippen LogP contribution in [0.4, 0.5) is 5.69 Å². The lowest BCUT2D eigenvalue weighted by molar-refractivity contribution is -0.385. The van der Waals surface area contributed by atoms with Crippen molar-refractivity contribution < 1.29 is 33.1 Å². The van der Waals surface area contributed by atoms with Crippen molar-refractivity contribution in [1.29, 1.82) is 0 Å². The number of esters is 1. The third kappa shape index (κ3) is 4.90. The first-order valence-electron chi connectivity index (χ1n) is 9.65. The number of nitro benzene ring substituents is 1. The van der Waals surface area contributed by atoms with E-state index in [2.05, 4.69) is 0 Å². The summed E-state index contributed by atoms with van der Waals surface area (Å²) in [6.07, 6.45) is 0. The number of likely N-dealkylation sites (N-methyl/N-ethyl adjacent to an activating group) is 1. The van der Waals surface area contributed by atoms with E-state index in [9.17, 15) is 19.7 Å². The number of hydrogen-bond acceptors (Lipinski definition) is 8. The van der Waals surface area contributed by atoms with Crippen LogP contribution in [0, 0.1) is 10.1 Å². The van der Waals surface area contributed by atoms with E-state index in [0.29, 0.717) is 16.5 Å². The molecule has 170 valence electrons. The highest BCUT2D eigenvalue weighted by Gasteiger charge is 2.28. The van der Waals surface area contributed by atoms with Gasteiger partial charge in [-0.2, -0.15) is 0 Å². The Morgan fingerprint density at radius 1 is 1.12 bits per heavy atom. The minimum Gasteiger partial charge on any atom is -0.459 e. The number of fused-ring (bicyclic) bond motifs is 1. The zero-order valence-electron chi connectivity index (χ0n) is 17.3. The Morgan fingerprint density at radius 3 is 2.52 bits per heavy atom. The molecule has 0 saturated heterocycles. The second-order valence-corrected chi connectivity index (χ2v) is 7.51. The summed E-state index contributed by atoms with van der Waals surface area (Å²) in [7, 11) is 1.52. The Labute approximate surface area is 192 Å². The zero-order valence-corrected chi connectivity index (χ0v) is 18.0. The lowest BCUT2D eigenvalue weighted by atomic mass is 10.1. The van der Waals surface area contributed by atoms with Crippen LogP contribution in [0.15, 0.2) is 52.9 Å². The molecule has 0 saturated carbocycles. The molecule has 1 aliphatic rings. The van der Waals surface area contributed by atoms with E-state index in [0.717, 1.165) is 17.7 Å². The number of ether oxygens (including phenoxy) is 3. The maximum Gasteiger partial charge on any atom is 0.345 e. The van der Waals surface area contributed by atoms with Gasteiger partial charge < -0.3 is 23.5 Å². The van der Waals surface area contributed by atoms with Crippen LogP contribution in [-0.2, 0) is 16.1 Å². The molecule has 0 unspecified atom stereocenters. The van der Waals surface area contributed by atoms with Gasteiger partial charge in [0.05, 0.1) is 17.5 Å². The van der Waals surface area contributed by atoms with Crippen molar-refractivity contribution in [1.82, 2.24) is 4.90 Å². The number of carbonyl (C=O) groups excluding carboxylic acids is 2. The Morgan fingerprint density at radius 2 is 1.82 bits per heavy atom. The van der Waals surface area contributed by atoms with Crippen LogP contribution in [0.5, 0.6) is 11.5 Å². The van der Waals surface area contributed by atoms with Gasteiger partial charge in [0.15, 0.2) is 18.1 Å². The van der Waals surface area contributed by atoms with E-state index in [-0.39, 0.29) is 30.4 Å². The summed E-state index contributed by atoms with van der Waals surface area (Å²) >= 11 is 5.89. The van der Waals surface area contributed by atoms with Crippen molar-refractivity contribution >= 4 is 29.2 Å². The van der Waals surface area contributed by atoms with E-state index in [1.165, 1.54) is 11.9 Å². The molecule has 0 aliphatic carbocycles. The Hall–Kier alpha value is -4.05. The van der Waals surface area contributed by atoms with Gasteiger partial charge in [-0.25, -0.2) is 4.79 Å². The van der Waals surface area contributed by atoms with Crippen molar-refractivity contribution in [3.63, 3.8) is 0 Å². The van der Waals surface area contributed by atoms with Crippen LogP contribution in [0.25, 0.3) is 11.3 Å². The van der Waals surface area contributed by atoms with E-state index in [1.54, 1.807) is 24.3 Å². The molecule has 4 rings (SSSR count). The third-order valence-corrected chi connectivity index (χ3v) is 5.10. The van der Waals surface area contributed by atoms with E-state index in [4.69, 9.17) is 30.2 Å². The molecule has 0 radical (unpaired) electrons. The molecule has 2 heterocycles. The lowest BCUT2D eigenvalue weighted by Gasteiger charge is -2.15. The van der Waals surface area contributed by atoms with E-state index < -0.39 is 29.1 Å². The molecule has 10 nitrogen and oxygen atoms in total. The van der Waals surface area contributed by atoms with Crippen LogP contribution in [0.1, 0.15) is 16.1 Å². The minimum absolute atomic E-state index is 0.110. The molecular formula is C22H17ClN2O8. The minimum atomic E-state index is -1.02. The van der Waals surface area contributed by atoms with Gasteiger partial charge in [-0.3, -0.25) is 14.9 Å². The summed E-state index contributed by atoms with van der Waals surface area (Å²) in [6.45, 7) is -0.583. The zero-order chi connectivity index (χ0) is 23.5. The molecule has 0 N–H and O–H groups in total. The number of carbonyl (C=O) groups is 2. The molecule has 0 fully saturated rings. The lowest BCUT2D eigenvalue weighted by Crippen LogP contribution is -2.30. The Balaban J connectivity index is 1.37. The second kappa shape index (κ2) is 9.21. The average molecular weight is 473 g/mol. The third-order valence-electron chi connectivity index (χ3n) is 4.84. The summed E-state index contributed by atoms with van der Waals surface area (Å²) in [5.74, 6) is -0.0608. The molecule has 1 amide bonds. The number of furan rings is 1. The molecule has 0 bridgehead atoms. The van der Waals surface area contributed by atoms with Gasteiger partial charge in [0.1, 0.15) is 17.1 Å². The van der Waals surface area contributed by atoms with E-state index in [1.807, 2.05) is 12.1 Å². The van der Waals surface area contributed by atoms with Crippen molar-refractivity contribution in [3.8, 4) is 22.8 Å². The van der Waals surface area contributed by atoms with Crippen LogP contribution in [0.2, 0.25) is 5.02 Å². The number of nitro groups is 1. The summed E-state index contributed by atoms with van der Waals surface area (Å²) in [5.41, 5.74) is -0.00686. The highest BCUT2D eigenvalue weighted by molar-refractivity contribution is 6.30. The summed E-state index contributed by atoms with van der Waals surface area (Å²) in [4.78, 5) is 36.7. The fraction of sp³-hybridized carbons (Fsp3) is 0.182. The summed E-state index contributed by atoms with van der Waals surface area (Å²) < 4.78 is 21.0. The van der Waals surface area contributed by atoms with Gasteiger partial charge in [-0.05, 0) is 36.4 Å². The van der Waals surface area contributed by atoms with Gasteiger partial charge in [-0.1, -0.05) is 11.6 Å². The molecule has 1 aromatic heterocycles. The maximum absolute atomic E-state index is 12.4. The highest BCUT2D eigenvalue weighted by Crippen LogP contribution is 2.38. The first kappa shape index (κ1) is 22.2. The van der Waals surface area contributed by atoms with Crippen molar-refractivity contribution in [2.45, 2.75) is 6.54 Å². The predicted octanol–water partition coefficient (Wildman–Crippen LogP) is 4.05. The number of amides is 1. The largest absolute Gasteiger partial charge is 0.459 e. The van der Waals surface area contributed by atoms with Crippen molar-refractivity contribution in [3.05, 3.63) is 75.0 Å². The van der Waals surface area contributed by atoms with Crippen LogP contribution in [0.3, 0.4) is 0 Å². The molecule has 11 heteroatoms. The topological polar surface area (TPSA) is 121 Å². The number of benzene rings is 2. The van der Waals surface area contributed by atoms with Crippen molar-refractivity contribution in [2.75, 3.05) is 20.4 Å². The normalized spacial score (nSPS) is 11.8. The molecule has 2 aromatic carbocycles. The molecule has 33 heavy (non-hydrogen) atoms.